The molecule has 0 aromatic heterocycles. The van der Waals surface area contributed by atoms with Crippen molar-refractivity contribution in [2.75, 3.05) is 31.6 Å². The maximum absolute atomic E-state index is 11.7. The van der Waals surface area contributed by atoms with Gasteiger partial charge in [-0.1, -0.05) is 12.1 Å². The number of anilines is 1. The lowest BCUT2D eigenvalue weighted by molar-refractivity contribution is -0.139. The van der Waals surface area contributed by atoms with Crippen LogP contribution in [0, 0.1) is 0 Å². The van der Waals surface area contributed by atoms with Crippen LogP contribution >= 0.6 is 0 Å². The molecule has 0 saturated heterocycles. The summed E-state index contributed by atoms with van der Waals surface area (Å²) in [6.07, 6.45) is 0. The van der Waals surface area contributed by atoms with Crippen LogP contribution in [-0.2, 0) is 19.7 Å². The van der Waals surface area contributed by atoms with Crippen molar-refractivity contribution in [3.63, 3.8) is 0 Å². The number of para-hydroxylation sites is 2. The fourth-order valence-corrected chi connectivity index (χ4v) is 2.16. The summed E-state index contributed by atoms with van der Waals surface area (Å²) in [5.74, 6) is -1.02. The summed E-state index contributed by atoms with van der Waals surface area (Å²) in [7, 11) is -2.32. The predicted octanol–water partition coefficient (Wildman–Crippen LogP) is 0.0427. The van der Waals surface area contributed by atoms with E-state index >= 15 is 0 Å². The first-order valence-corrected chi connectivity index (χ1v) is 7.13. The molecule has 0 aliphatic heterocycles. The fourth-order valence-electron chi connectivity index (χ4n) is 1.28. The number of rotatable bonds is 9. The molecule has 112 valence electrons. The van der Waals surface area contributed by atoms with Crippen molar-refractivity contribution in [3.05, 3.63) is 24.3 Å². The maximum Gasteiger partial charge on any atom is 0.341 e. The van der Waals surface area contributed by atoms with Crippen molar-refractivity contribution in [2.24, 2.45) is 0 Å². The topological polar surface area (TPSA) is 114 Å². The number of hydrogen-bond acceptors (Lipinski definition) is 5. The first-order valence-electron chi connectivity index (χ1n) is 5.64. The van der Waals surface area contributed by atoms with Gasteiger partial charge in [-0.2, -0.15) is 13.1 Å². The second-order valence-electron chi connectivity index (χ2n) is 3.67. The van der Waals surface area contributed by atoms with E-state index < -0.39 is 22.8 Å². The van der Waals surface area contributed by atoms with Gasteiger partial charge < -0.3 is 14.6 Å². The second-order valence-corrected chi connectivity index (χ2v) is 5.17. The Morgan fingerprint density at radius 1 is 1.35 bits per heavy atom. The quantitative estimate of drug-likeness (QED) is 0.555. The molecule has 0 aliphatic rings. The highest BCUT2D eigenvalue weighted by atomic mass is 32.2. The summed E-state index contributed by atoms with van der Waals surface area (Å²) in [4.78, 5) is 10.5. The van der Waals surface area contributed by atoms with Gasteiger partial charge in [-0.25, -0.2) is 4.79 Å². The third-order valence-electron chi connectivity index (χ3n) is 2.08. The number of hydrogen-bond donors (Lipinski definition) is 3. The van der Waals surface area contributed by atoms with E-state index in [9.17, 15) is 13.2 Å². The van der Waals surface area contributed by atoms with Gasteiger partial charge in [0.25, 0.3) is 10.2 Å². The minimum Gasteiger partial charge on any atom is -0.480 e. The number of carbonyl (C=O) groups is 1. The van der Waals surface area contributed by atoms with Crippen LogP contribution in [0.3, 0.4) is 0 Å². The van der Waals surface area contributed by atoms with Crippen LogP contribution in [0.2, 0.25) is 0 Å². The lowest BCUT2D eigenvalue weighted by Crippen LogP contribution is -2.32. The van der Waals surface area contributed by atoms with Crippen molar-refractivity contribution < 1.29 is 27.8 Å². The Morgan fingerprint density at radius 2 is 2.05 bits per heavy atom. The van der Waals surface area contributed by atoms with E-state index in [2.05, 4.69) is 9.44 Å². The minimum atomic E-state index is -3.78. The van der Waals surface area contributed by atoms with Gasteiger partial charge >= 0.3 is 5.97 Å². The van der Waals surface area contributed by atoms with Crippen molar-refractivity contribution in [2.45, 2.75) is 0 Å². The number of ether oxygens (including phenoxy) is 2. The molecule has 0 saturated carbocycles. The highest BCUT2D eigenvalue weighted by Gasteiger charge is 2.13. The molecule has 0 fully saturated rings. The molecule has 0 amide bonds. The summed E-state index contributed by atoms with van der Waals surface area (Å²) < 4.78 is 37.7. The summed E-state index contributed by atoms with van der Waals surface area (Å²) in [6, 6.07) is 6.14. The predicted molar refractivity (Wildman–Crippen MR) is 72.0 cm³/mol. The zero-order valence-corrected chi connectivity index (χ0v) is 11.6. The fraction of sp³-hybridized carbons (Fsp3) is 0.364. The molecule has 20 heavy (non-hydrogen) atoms. The zero-order valence-electron chi connectivity index (χ0n) is 10.8. The Labute approximate surface area is 116 Å². The van der Waals surface area contributed by atoms with Gasteiger partial charge in [-0.15, -0.1) is 0 Å². The van der Waals surface area contributed by atoms with Gasteiger partial charge in [0.05, 0.1) is 12.3 Å². The van der Waals surface area contributed by atoms with Crippen molar-refractivity contribution in [3.8, 4) is 5.75 Å². The third kappa shape index (κ3) is 5.87. The SMILES string of the molecule is COCCNS(=O)(=O)Nc1ccccc1OCC(=O)O. The third-order valence-corrected chi connectivity index (χ3v) is 3.15. The highest BCUT2D eigenvalue weighted by molar-refractivity contribution is 7.90. The molecular formula is C11H16N2O6S. The van der Waals surface area contributed by atoms with Gasteiger partial charge in [0.2, 0.25) is 0 Å². The van der Waals surface area contributed by atoms with Crippen LogP contribution in [-0.4, -0.2) is 46.4 Å². The lowest BCUT2D eigenvalue weighted by atomic mass is 10.3. The van der Waals surface area contributed by atoms with Crippen LogP contribution in [0.4, 0.5) is 5.69 Å². The largest absolute Gasteiger partial charge is 0.480 e. The Balaban J connectivity index is 2.73. The highest BCUT2D eigenvalue weighted by Crippen LogP contribution is 2.24. The van der Waals surface area contributed by atoms with Crippen LogP contribution in [0.5, 0.6) is 5.75 Å². The zero-order chi connectivity index (χ0) is 15.0. The van der Waals surface area contributed by atoms with Crippen molar-refractivity contribution in [1.82, 2.24) is 4.72 Å². The molecule has 0 bridgehead atoms. The molecule has 0 aliphatic carbocycles. The van der Waals surface area contributed by atoms with Crippen LogP contribution in [0.15, 0.2) is 24.3 Å². The molecule has 0 spiro atoms. The number of aliphatic carboxylic acids is 1. The Hall–Kier alpha value is -1.84. The molecule has 0 heterocycles. The van der Waals surface area contributed by atoms with Gasteiger partial charge in [0.15, 0.2) is 6.61 Å². The number of benzene rings is 1. The molecule has 1 aromatic rings. The van der Waals surface area contributed by atoms with Gasteiger partial charge in [-0.3, -0.25) is 4.72 Å². The standard InChI is InChI=1S/C11H16N2O6S/c1-18-7-6-12-20(16,17)13-9-4-2-3-5-10(9)19-8-11(14)15/h2-5,12-13H,6-8H2,1H3,(H,14,15). The van der Waals surface area contributed by atoms with Crippen molar-refractivity contribution >= 4 is 21.9 Å². The molecule has 8 nitrogen and oxygen atoms in total. The van der Waals surface area contributed by atoms with E-state index in [-0.39, 0.29) is 24.6 Å². The molecule has 9 heteroatoms. The van der Waals surface area contributed by atoms with E-state index in [1.165, 1.54) is 19.2 Å². The molecule has 0 atom stereocenters. The number of carboxylic acid groups (broad SMARTS) is 1. The monoisotopic (exact) mass is 304 g/mol. The van der Waals surface area contributed by atoms with Gasteiger partial charge in [-0.05, 0) is 12.1 Å². The minimum absolute atomic E-state index is 0.115. The van der Waals surface area contributed by atoms with E-state index in [1.807, 2.05) is 0 Å². The maximum atomic E-state index is 11.7. The van der Waals surface area contributed by atoms with Crippen molar-refractivity contribution in [1.29, 1.82) is 0 Å². The molecule has 0 unspecified atom stereocenters. The molecule has 0 radical (unpaired) electrons. The first kappa shape index (κ1) is 16.2. The molecule has 1 rings (SSSR count). The van der Waals surface area contributed by atoms with Crippen LogP contribution in [0.1, 0.15) is 0 Å². The number of methoxy groups -OCH3 is 1. The normalized spacial score (nSPS) is 11.1. The summed E-state index contributed by atoms with van der Waals surface area (Å²) >= 11 is 0. The molecular weight excluding hydrogens is 288 g/mol. The Bertz CT molecular complexity index is 546. The summed E-state index contributed by atoms with van der Waals surface area (Å²) in [6.45, 7) is -0.210. The summed E-state index contributed by atoms with van der Waals surface area (Å²) in [5, 5.41) is 8.55. The van der Waals surface area contributed by atoms with E-state index in [0.717, 1.165) is 0 Å². The lowest BCUT2D eigenvalue weighted by Gasteiger charge is -2.13. The summed E-state index contributed by atoms with van der Waals surface area (Å²) in [5.41, 5.74) is 0.152. The Morgan fingerprint density at radius 3 is 2.70 bits per heavy atom. The smallest absolute Gasteiger partial charge is 0.341 e. The number of carboxylic acids is 1. The van der Waals surface area contributed by atoms with E-state index in [4.69, 9.17) is 14.6 Å². The van der Waals surface area contributed by atoms with Gasteiger partial charge in [0.1, 0.15) is 5.75 Å². The second kappa shape index (κ2) is 7.68. The molecule has 1 aromatic carbocycles. The van der Waals surface area contributed by atoms with Crippen LogP contribution in [0.25, 0.3) is 0 Å². The van der Waals surface area contributed by atoms with Crippen LogP contribution < -0.4 is 14.2 Å². The first-order chi connectivity index (χ1) is 9.44. The average molecular weight is 304 g/mol. The molecule has 3 N–H and O–H groups in total. The average Bonchev–Trinajstić information content (AvgIpc) is 2.37. The van der Waals surface area contributed by atoms with Gasteiger partial charge in [0, 0.05) is 13.7 Å². The Kier molecular flexibility index (Phi) is 6.22. The number of nitrogens with one attached hydrogen (secondary N) is 2. The van der Waals surface area contributed by atoms with E-state index in [1.54, 1.807) is 12.1 Å². The van der Waals surface area contributed by atoms with E-state index in [0.29, 0.717) is 0 Å².